The van der Waals surface area contributed by atoms with Crippen molar-refractivity contribution in [3.63, 3.8) is 0 Å². The van der Waals surface area contributed by atoms with Crippen molar-refractivity contribution in [3.05, 3.63) is 116 Å². The zero-order valence-electron chi connectivity index (χ0n) is 25.3. The van der Waals surface area contributed by atoms with Gasteiger partial charge in [-0.3, -0.25) is 19.0 Å². The number of halogens is 3. The Balaban J connectivity index is 1.53. The fourth-order valence-corrected chi connectivity index (χ4v) is 6.18. The first-order valence-electron chi connectivity index (χ1n) is 14.8. The molecular formula is C33H27F3N8O3. The summed E-state index contributed by atoms with van der Waals surface area (Å²) in [6, 6.07) is 8.71. The molecular weight excluding hydrogens is 613 g/mol. The first-order chi connectivity index (χ1) is 22.6. The lowest BCUT2D eigenvalue weighted by Crippen LogP contribution is -2.42. The number of aromatic nitrogens is 6. The van der Waals surface area contributed by atoms with E-state index in [-0.39, 0.29) is 36.1 Å². The number of fused-ring (bicyclic) bond motifs is 8. The fraction of sp³-hybridized carbons (Fsp3) is 0.212. The largest absolute Gasteiger partial charge is 0.359 e. The van der Waals surface area contributed by atoms with Gasteiger partial charge in [-0.1, -0.05) is 18.2 Å². The SMILES string of the molecule is Cc1cc2nn(C)cc2c2c1Nc1nc(=O)n(c(=O)n1Cc1cc(F)c(F)c(F)c1)-c1cncc3cccc(c13)CNC(=O)CCC2. The third-order valence-electron chi connectivity index (χ3n) is 8.32. The van der Waals surface area contributed by atoms with Gasteiger partial charge in [-0.15, -0.1) is 0 Å². The molecule has 3 aromatic heterocycles. The van der Waals surface area contributed by atoms with Gasteiger partial charge in [0.05, 0.1) is 23.9 Å². The highest BCUT2D eigenvalue weighted by molar-refractivity contribution is 5.93. The lowest BCUT2D eigenvalue weighted by Gasteiger charge is -2.20. The van der Waals surface area contributed by atoms with E-state index in [1.54, 1.807) is 36.1 Å². The molecule has 2 N–H and O–H groups in total. The van der Waals surface area contributed by atoms with E-state index in [0.29, 0.717) is 45.9 Å². The van der Waals surface area contributed by atoms with E-state index >= 15 is 0 Å². The number of rotatable bonds is 2. The van der Waals surface area contributed by atoms with Crippen LogP contribution in [0.15, 0.2) is 64.6 Å². The van der Waals surface area contributed by atoms with Crippen molar-refractivity contribution in [3.8, 4) is 5.69 Å². The Morgan fingerprint density at radius 2 is 1.79 bits per heavy atom. The predicted octanol–water partition coefficient (Wildman–Crippen LogP) is 4.30. The van der Waals surface area contributed by atoms with Crippen LogP contribution in [-0.2, 0) is 31.4 Å². The number of aryl methyl sites for hydroxylation is 3. The summed E-state index contributed by atoms with van der Waals surface area (Å²) < 4.78 is 46.1. The number of hydrogen-bond donors (Lipinski definition) is 2. The van der Waals surface area contributed by atoms with Gasteiger partial charge in [0.2, 0.25) is 11.9 Å². The zero-order chi connectivity index (χ0) is 33.0. The number of carbonyl (C=O) groups is 1. The number of benzene rings is 3. The number of pyridine rings is 1. The maximum atomic E-state index is 14.4. The number of nitrogens with zero attached hydrogens (tertiary/aromatic N) is 6. The van der Waals surface area contributed by atoms with Gasteiger partial charge >= 0.3 is 11.4 Å². The molecule has 0 fully saturated rings. The highest BCUT2D eigenvalue weighted by Gasteiger charge is 2.23. The van der Waals surface area contributed by atoms with E-state index in [0.717, 1.165) is 32.2 Å². The van der Waals surface area contributed by atoms with Gasteiger partial charge in [0, 0.05) is 54.3 Å². The second kappa shape index (κ2) is 11.5. The average Bonchev–Trinajstić information content (AvgIpc) is 3.40. The van der Waals surface area contributed by atoms with Crippen LogP contribution in [0.3, 0.4) is 0 Å². The number of hydrogen-bond acceptors (Lipinski definition) is 7. The van der Waals surface area contributed by atoms with Gasteiger partial charge in [-0.25, -0.2) is 27.3 Å². The normalized spacial score (nSPS) is 13.5. The third kappa shape index (κ3) is 5.30. The molecule has 0 radical (unpaired) electrons. The Morgan fingerprint density at radius 1 is 1.00 bits per heavy atom. The van der Waals surface area contributed by atoms with Crippen molar-refractivity contribution in [2.45, 2.75) is 39.3 Å². The Hall–Kier alpha value is -5.79. The quantitative estimate of drug-likeness (QED) is 0.270. The fourth-order valence-electron chi connectivity index (χ4n) is 6.18. The summed E-state index contributed by atoms with van der Waals surface area (Å²) in [5, 5.41) is 12.5. The Labute approximate surface area is 264 Å². The summed E-state index contributed by atoms with van der Waals surface area (Å²) in [5.41, 5.74) is 1.55. The molecule has 5 heterocycles. The molecule has 0 saturated heterocycles. The molecule has 0 unspecified atom stereocenters. The maximum absolute atomic E-state index is 14.4. The van der Waals surface area contributed by atoms with Crippen molar-refractivity contribution in [1.29, 1.82) is 0 Å². The van der Waals surface area contributed by atoms with E-state index in [4.69, 9.17) is 0 Å². The Kier molecular flexibility index (Phi) is 7.34. The van der Waals surface area contributed by atoms with Gasteiger partial charge in [0.25, 0.3) is 0 Å². The first kappa shape index (κ1) is 29.9. The molecule has 238 valence electrons. The standard InChI is InChI=1S/C33H27F3N8O3/c1-17-9-25-22(16-42(2)41-25)21-7-4-8-27(45)38-13-20-6-3-5-19-12-37-14-26(28(19)20)44-32(46)40-31(39-30(17)21)43(33(44)47)15-18-10-23(34)29(36)24(35)11-18/h3,5-6,9-12,14,16H,4,7-8,13,15H2,1-2H3,(H,38,45)(H,39,40,46). The van der Waals surface area contributed by atoms with Gasteiger partial charge in [-0.2, -0.15) is 10.1 Å². The second-order valence-corrected chi connectivity index (χ2v) is 11.5. The van der Waals surface area contributed by atoms with Crippen LogP contribution in [0.4, 0.5) is 24.8 Å². The lowest BCUT2D eigenvalue weighted by atomic mass is 9.98. The summed E-state index contributed by atoms with van der Waals surface area (Å²) in [4.78, 5) is 49.7. The molecule has 0 aliphatic carbocycles. The van der Waals surface area contributed by atoms with Crippen LogP contribution >= 0.6 is 0 Å². The molecule has 6 aromatic rings. The minimum Gasteiger partial charge on any atom is -0.352 e. The van der Waals surface area contributed by atoms with Crippen LogP contribution in [0.5, 0.6) is 0 Å². The van der Waals surface area contributed by atoms with Gasteiger partial charge < -0.3 is 10.6 Å². The van der Waals surface area contributed by atoms with Gasteiger partial charge in [0.1, 0.15) is 0 Å². The van der Waals surface area contributed by atoms with Gasteiger partial charge in [-0.05, 0) is 60.2 Å². The van der Waals surface area contributed by atoms with Crippen LogP contribution < -0.4 is 22.0 Å². The first-order valence-corrected chi connectivity index (χ1v) is 14.8. The molecule has 8 rings (SSSR count). The summed E-state index contributed by atoms with van der Waals surface area (Å²) in [6.07, 6.45) is 5.87. The van der Waals surface area contributed by atoms with Crippen molar-refractivity contribution in [1.82, 2.24) is 34.2 Å². The van der Waals surface area contributed by atoms with E-state index in [2.05, 4.69) is 25.7 Å². The van der Waals surface area contributed by atoms with Crippen LogP contribution in [0, 0.1) is 24.4 Å². The molecule has 0 saturated carbocycles. The highest BCUT2D eigenvalue weighted by Crippen LogP contribution is 2.33. The summed E-state index contributed by atoms with van der Waals surface area (Å²) in [7, 11) is 1.78. The zero-order valence-corrected chi connectivity index (χ0v) is 25.3. The lowest BCUT2D eigenvalue weighted by molar-refractivity contribution is -0.121. The minimum atomic E-state index is -1.64. The predicted molar refractivity (Wildman–Crippen MR) is 168 cm³/mol. The second-order valence-electron chi connectivity index (χ2n) is 11.5. The van der Waals surface area contributed by atoms with E-state index < -0.39 is 35.4 Å². The molecule has 2 bridgehead atoms. The maximum Gasteiger partial charge on any atom is 0.359 e. The molecule has 3 aromatic carbocycles. The minimum absolute atomic E-state index is 0.0768. The summed E-state index contributed by atoms with van der Waals surface area (Å²) in [6.45, 7) is 1.47. The number of nitrogens with one attached hydrogen (secondary N) is 2. The van der Waals surface area contributed by atoms with E-state index in [1.807, 2.05) is 19.2 Å². The molecule has 2 aliphatic rings. The number of carbonyl (C=O) groups excluding carboxylic acids is 1. The van der Waals surface area contributed by atoms with Crippen LogP contribution in [-0.4, -0.2) is 34.8 Å². The molecule has 0 atom stereocenters. The molecule has 1 amide bonds. The van der Waals surface area contributed by atoms with E-state index in [1.165, 1.54) is 6.20 Å². The molecule has 47 heavy (non-hydrogen) atoms. The van der Waals surface area contributed by atoms with Crippen LogP contribution in [0.1, 0.15) is 35.1 Å². The molecule has 2 aliphatic heterocycles. The Bertz CT molecular complexity index is 2350. The van der Waals surface area contributed by atoms with Crippen molar-refractivity contribution < 1.29 is 18.0 Å². The molecule has 11 nitrogen and oxygen atoms in total. The van der Waals surface area contributed by atoms with E-state index in [9.17, 15) is 27.6 Å². The van der Waals surface area contributed by atoms with Crippen LogP contribution in [0.2, 0.25) is 0 Å². The van der Waals surface area contributed by atoms with Crippen molar-refractivity contribution in [2.75, 3.05) is 5.32 Å². The molecule has 0 spiro atoms. The smallest absolute Gasteiger partial charge is 0.352 e. The van der Waals surface area contributed by atoms with Crippen LogP contribution in [0.25, 0.3) is 27.4 Å². The topological polar surface area (TPSA) is 129 Å². The van der Waals surface area contributed by atoms with Crippen molar-refractivity contribution in [2.24, 2.45) is 7.05 Å². The van der Waals surface area contributed by atoms with Crippen molar-refractivity contribution >= 4 is 39.2 Å². The summed E-state index contributed by atoms with van der Waals surface area (Å²) in [5.74, 6) is -4.87. The van der Waals surface area contributed by atoms with Gasteiger partial charge in [0.15, 0.2) is 17.5 Å². The molecule has 14 heteroatoms. The number of amides is 1. The average molecular weight is 641 g/mol. The highest BCUT2D eigenvalue weighted by atomic mass is 19.2. The Morgan fingerprint density at radius 3 is 2.57 bits per heavy atom. The third-order valence-corrected chi connectivity index (χ3v) is 8.32. The summed E-state index contributed by atoms with van der Waals surface area (Å²) >= 11 is 0. The monoisotopic (exact) mass is 640 g/mol. The number of anilines is 2.